The van der Waals surface area contributed by atoms with Crippen LogP contribution in [0.3, 0.4) is 0 Å². The Morgan fingerprint density at radius 3 is 2.48 bits per heavy atom. The second-order valence-electron chi connectivity index (χ2n) is 7.51. The summed E-state index contributed by atoms with van der Waals surface area (Å²) in [7, 11) is 0. The lowest BCUT2D eigenvalue weighted by Gasteiger charge is -2.36. The van der Waals surface area contributed by atoms with Crippen molar-refractivity contribution in [3.8, 4) is 0 Å². The molecule has 0 atom stereocenters. The summed E-state index contributed by atoms with van der Waals surface area (Å²) < 4.78 is 0. The van der Waals surface area contributed by atoms with Crippen molar-refractivity contribution in [2.45, 2.75) is 33.1 Å². The molecule has 4 rings (SSSR count). The summed E-state index contributed by atoms with van der Waals surface area (Å²) in [5, 5.41) is 0.767. The van der Waals surface area contributed by atoms with Crippen LogP contribution < -0.4 is 4.90 Å². The predicted molar refractivity (Wildman–Crippen MR) is 107 cm³/mol. The quantitative estimate of drug-likeness (QED) is 0.810. The van der Waals surface area contributed by atoms with Gasteiger partial charge in [0.2, 0.25) is 5.91 Å². The third kappa shape index (κ3) is 3.93. The van der Waals surface area contributed by atoms with Crippen molar-refractivity contribution in [1.82, 2.24) is 14.9 Å². The lowest BCUT2D eigenvalue weighted by Crippen LogP contribution is -2.49. The number of anilines is 1. The minimum atomic E-state index is 0.288. The molecule has 2 aliphatic rings. The monoisotopic (exact) mass is 384 g/mol. The number of nitrogens with zero attached hydrogens (tertiary/aromatic N) is 4. The van der Waals surface area contributed by atoms with Crippen LogP contribution in [0, 0.1) is 19.8 Å². The SMILES string of the molecule is Cc1nc(C)c(Cc2ccccc2Cl)c(N2CCN(C(=O)C3CC3)CC2)n1. The summed E-state index contributed by atoms with van der Waals surface area (Å²) in [6, 6.07) is 7.93. The Bertz CT molecular complexity index is 857. The van der Waals surface area contributed by atoms with E-state index in [9.17, 15) is 4.79 Å². The highest BCUT2D eigenvalue weighted by Gasteiger charge is 2.35. The molecule has 6 heteroatoms. The number of hydrogen-bond donors (Lipinski definition) is 0. The van der Waals surface area contributed by atoms with Crippen LogP contribution in [0.25, 0.3) is 0 Å². The molecule has 5 nitrogen and oxygen atoms in total. The summed E-state index contributed by atoms with van der Waals surface area (Å²) in [6.45, 7) is 7.12. The van der Waals surface area contributed by atoms with Gasteiger partial charge in [-0.15, -0.1) is 0 Å². The number of aryl methyl sites for hydroxylation is 2. The zero-order chi connectivity index (χ0) is 19.0. The Balaban J connectivity index is 1.57. The molecule has 0 spiro atoms. The maximum atomic E-state index is 12.3. The predicted octanol–water partition coefficient (Wildman–Crippen LogP) is 3.40. The zero-order valence-electron chi connectivity index (χ0n) is 15.9. The molecule has 0 radical (unpaired) electrons. The topological polar surface area (TPSA) is 49.3 Å². The maximum absolute atomic E-state index is 12.3. The molecule has 2 aromatic rings. The van der Waals surface area contributed by atoms with Gasteiger partial charge in [0.1, 0.15) is 11.6 Å². The van der Waals surface area contributed by atoms with Crippen molar-refractivity contribution in [3.63, 3.8) is 0 Å². The molecular weight excluding hydrogens is 360 g/mol. The summed E-state index contributed by atoms with van der Waals surface area (Å²) in [5.41, 5.74) is 3.20. The molecule has 1 amide bonds. The van der Waals surface area contributed by atoms with Crippen molar-refractivity contribution in [1.29, 1.82) is 0 Å². The van der Waals surface area contributed by atoms with E-state index < -0.39 is 0 Å². The maximum Gasteiger partial charge on any atom is 0.225 e. The lowest BCUT2D eigenvalue weighted by atomic mass is 10.0. The summed E-state index contributed by atoms with van der Waals surface area (Å²) in [6.07, 6.45) is 2.83. The van der Waals surface area contributed by atoms with E-state index in [0.717, 1.165) is 72.5 Å². The molecule has 1 aromatic carbocycles. The highest BCUT2D eigenvalue weighted by Crippen LogP contribution is 2.32. The van der Waals surface area contributed by atoms with E-state index >= 15 is 0 Å². The summed E-state index contributed by atoms with van der Waals surface area (Å²) >= 11 is 6.39. The number of rotatable bonds is 4. The van der Waals surface area contributed by atoms with E-state index in [1.807, 2.05) is 36.9 Å². The lowest BCUT2D eigenvalue weighted by molar-refractivity contribution is -0.132. The number of halogens is 1. The van der Waals surface area contributed by atoms with Gasteiger partial charge in [0.15, 0.2) is 0 Å². The third-order valence-electron chi connectivity index (χ3n) is 5.45. The molecule has 2 fully saturated rings. The van der Waals surface area contributed by atoms with Gasteiger partial charge in [0.05, 0.1) is 0 Å². The first-order chi connectivity index (χ1) is 13.0. The molecule has 1 saturated carbocycles. The van der Waals surface area contributed by atoms with Crippen LogP contribution >= 0.6 is 11.6 Å². The Labute approximate surface area is 165 Å². The average Bonchev–Trinajstić information content (AvgIpc) is 3.50. The highest BCUT2D eigenvalue weighted by molar-refractivity contribution is 6.31. The fourth-order valence-corrected chi connectivity index (χ4v) is 3.95. The molecule has 0 N–H and O–H groups in total. The van der Waals surface area contributed by atoms with Crippen LogP contribution in [0.5, 0.6) is 0 Å². The van der Waals surface area contributed by atoms with Gasteiger partial charge >= 0.3 is 0 Å². The molecule has 1 aliphatic carbocycles. The fourth-order valence-electron chi connectivity index (χ4n) is 3.75. The van der Waals surface area contributed by atoms with Gasteiger partial charge < -0.3 is 9.80 Å². The van der Waals surface area contributed by atoms with E-state index in [-0.39, 0.29) is 5.92 Å². The second kappa shape index (κ2) is 7.47. The normalized spacial score (nSPS) is 17.3. The fraction of sp³-hybridized carbons (Fsp3) is 0.476. The number of hydrogen-bond acceptors (Lipinski definition) is 4. The van der Waals surface area contributed by atoms with Crippen molar-refractivity contribution >= 4 is 23.3 Å². The molecule has 1 saturated heterocycles. The van der Waals surface area contributed by atoms with E-state index in [2.05, 4.69) is 16.0 Å². The highest BCUT2D eigenvalue weighted by atomic mass is 35.5. The van der Waals surface area contributed by atoms with E-state index in [1.165, 1.54) is 0 Å². The Morgan fingerprint density at radius 2 is 1.81 bits per heavy atom. The molecule has 1 aliphatic heterocycles. The van der Waals surface area contributed by atoms with Crippen LogP contribution in [-0.2, 0) is 11.2 Å². The number of piperazine rings is 1. The van der Waals surface area contributed by atoms with Gasteiger partial charge in [-0.25, -0.2) is 9.97 Å². The van der Waals surface area contributed by atoms with Gasteiger partial charge in [0.25, 0.3) is 0 Å². The molecule has 27 heavy (non-hydrogen) atoms. The molecule has 1 aromatic heterocycles. The number of amides is 1. The first-order valence-electron chi connectivity index (χ1n) is 9.64. The van der Waals surface area contributed by atoms with Crippen molar-refractivity contribution in [2.24, 2.45) is 5.92 Å². The average molecular weight is 385 g/mol. The van der Waals surface area contributed by atoms with Gasteiger partial charge in [-0.1, -0.05) is 29.8 Å². The number of aromatic nitrogens is 2. The van der Waals surface area contributed by atoms with Gasteiger partial charge in [-0.2, -0.15) is 0 Å². The van der Waals surface area contributed by atoms with Crippen molar-refractivity contribution < 1.29 is 4.79 Å². The van der Waals surface area contributed by atoms with Crippen molar-refractivity contribution in [3.05, 3.63) is 51.9 Å². The molecule has 2 heterocycles. The van der Waals surface area contributed by atoms with Crippen LogP contribution in [-0.4, -0.2) is 47.0 Å². The summed E-state index contributed by atoms with van der Waals surface area (Å²) in [5.74, 6) is 2.39. The molecule has 0 unspecified atom stereocenters. The smallest absolute Gasteiger partial charge is 0.225 e. The van der Waals surface area contributed by atoms with Crippen LogP contribution in [0.2, 0.25) is 5.02 Å². The number of carbonyl (C=O) groups is 1. The van der Waals surface area contributed by atoms with Crippen molar-refractivity contribution in [2.75, 3.05) is 31.1 Å². The van der Waals surface area contributed by atoms with Crippen LogP contribution in [0.15, 0.2) is 24.3 Å². The van der Waals surface area contributed by atoms with Gasteiger partial charge in [0, 0.05) is 54.8 Å². The van der Waals surface area contributed by atoms with E-state index in [1.54, 1.807) is 0 Å². The van der Waals surface area contributed by atoms with E-state index in [0.29, 0.717) is 12.3 Å². The number of benzene rings is 1. The zero-order valence-corrected chi connectivity index (χ0v) is 16.7. The second-order valence-corrected chi connectivity index (χ2v) is 7.92. The first-order valence-corrected chi connectivity index (χ1v) is 10.0. The number of carbonyl (C=O) groups excluding carboxylic acids is 1. The summed E-state index contributed by atoms with van der Waals surface area (Å²) in [4.78, 5) is 26.0. The van der Waals surface area contributed by atoms with Gasteiger partial charge in [-0.3, -0.25) is 4.79 Å². The Hall–Kier alpha value is -2.14. The molecule has 0 bridgehead atoms. The largest absolute Gasteiger partial charge is 0.353 e. The van der Waals surface area contributed by atoms with Crippen LogP contribution in [0.1, 0.15) is 35.5 Å². The standard InChI is InChI=1S/C21H25ClN4O/c1-14-18(13-17-5-3-4-6-19(17)22)20(24-15(2)23-14)25-9-11-26(12-10-25)21(27)16-7-8-16/h3-6,16H,7-13H2,1-2H3. The Kier molecular flexibility index (Phi) is 5.04. The first kappa shape index (κ1) is 18.2. The third-order valence-corrected chi connectivity index (χ3v) is 5.82. The minimum Gasteiger partial charge on any atom is -0.353 e. The molecule has 142 valence electrons. The molecular formula is C21H25ClN4O. The van der Waals surface area contributed by atoms with E-state index in [4.69, 9.17) is 16.6 Å². The van der Waals surface area contributed by atoms with Crippen LogP contribution in [0.4, 0.5) is 5.82 Å². The van der Waals surface area contributed by atoms with Gasteiger partial charge in [-0.05, 0) is 38.3 Å². The Morgan fingerprint density at radius 1 is 1.11 bits per heavy atom. The minimum absolute atomic E-state index is 0.288.